The molecule has 0 aliphatic carbocycles. The van der Waals surface area contributed by atoms with Crippen molar-refractivity contribution in [1.82, 2.24) is 14.9 Å². The van der Waals surface area contributed by atoms with E-state index in [9.17, 15) is 9.59 Å². The number of nitrogens with zero attached hydrogens (tertiary/aromatic N) is 3. The summed E-state index contributed by atoms with van der Waals surface area (Å²) in [6.45, 7) is 9.97. The van der Waals surface area contributed by atoms with Crippen molar-refractivity contribution in [2.75, 3.05) is 0 Å². The van der Waals surface area contributed by atoms with Crippen molar-refractivity contribution in [1.29, 1.82) is 0 Å². The first-order chi connectivity index (χ1) is 12.3. The second-order valence-corrected chi connectivity index (χ2v) is 7.07. The Hall–Kier alpha value is -2.89. The molecule has 1 fully saturated rings. The lowest BCUT2D eigenvalue weighted by Crippen LogP contribution is -2.40. The van der Waals surface area contributed by atoms with Crippen molar-refractivity contribution in [2.45, 2.75) is 46.2 Å². The molecule has 1 aliphatic rings. The van der Waals surface area contributed by atoms with Gasteiger partial charge in [0.05, 0.1) is 6.21 Å². The van der Waals surface area contributed by atoms with Crippen LogP contribution < -0.4 is 5.32 Å². The average Bonchev–Trinajstić information content (AvgIpc) is 3.00. The maximum Gasteiger partial charge on any atom is 0.346 e. The van der Waals surface area contributed by atoms with Crippen LogP contribution in [0.3, 0.4) is 0 Å². The summed E-state index contributed by atoms with van der Waals surface area (Å²) in [5.41, 5.74) is 2.69. The average molecular weight is 352 g/mol. The Morgan fingerprint density at radius 2 is 1.81 bits per heavy atom. The molecule has 1 aromatic carbocycles. The van der Waals surface area contributed by atoms with Crippen molar-refractivity contribution in [3.05, 3.63) is 58.9 Å². The molecule has 6 nitrogen and oxygen atoms in total. The summed E-state index contributed by atoms with van der Waals surface area (Å²) in [6, 6.07) is 11.0. The lowest BCUT2D eigenvalue weighted by molar-refractivity contribution is -0.131. The molecule has 2 aromatic rings. The van der Waals surface area contributed by atoms with Gasteiger partial charge in [0, 0.05) is 23.0 Å². The fourth-order valence-corrected chi connectivity index (χ4v) is 3.54. The molecule has 2 heterocycles. The number of benzene rings is 1. The number of aryl methyl sites for hydroxylation is 1. The molecule has 1 aliphatic heterocycles. The van der Waals surface area contributed by atoms with Gasteiger partial charge < -0.3 is 9.88 Å². The summed E-state index contributed by atoms with van der Waals surface area (Å²) < 4.78 is 2.20. The number of aromatic nitrogens is 1. The third-order valence-corrected chi connectivity index (χ3v) is 4.87. The molecule has 26 heavy (non-hydrogen) atoms. The zero-order valence-corrected chi connectivity index (χ0v) is 15.8. The standard InChI is InChI=1S/C20H24N4O2/c1-13(2)23-14(3)11-16(15(23)4)12-21-24-18(25)20(5,22-19(24)26)17-9-7-6-8-10-17/h6-13H,1-5H3,(H,22,26)/b21-12-/t20-/m1/s1. The fourth-order valence-electron chi connectivity index (χ4n) is 3.54. The highest BCUT2D eigenvalue weighted by Crippen LogP contribution is 2.29. The molecule has 1 saturated heterocycles. The van der Waals surface area contributed by atoms with Gasteiger partial charge in [0.1, 0.15) is 5.54 Å². The number of amides is 3. The number of imide groups is 1. The highest BCUT2D eigenvalue weighted by molar-refractivity contribution is 6.07. The predicted octanol–water partition coefficient (Wildman–Crippen LogP) is 3.49. The summed E-state index contributed by atoms with van der Waals surface area (Å²) in [6.07, 6.45) is 1.58. The van der Waals surface area contributed by atoms with Crippen LogP contribution in [-0.2, 0) is 10.3 Å². The molecule has 0 saturated carbocycles. The van der Waals surface area contributed by atoms with E-state index in [4.69, 9.17) is 0 Å². The van der Waals surface area contributed by atoms with Crippen LogP contribution in [0.1, 0.15) is 49.3 Å². The SMILES string of the molecule is Cc1cc(/C=N\N2C(=O)N[C@](C)(c3ccccc3)C2=O)c(C)n1C(C)C. The first kappa shape index (κ1) is 17.9. The quantitative estimate of drug-likeness (QED) is 0.676. The molecule has 1 N–H and O–H groups in total. The summed E-state index contributed by atoms with van der Waals surface area (Å²) in [5.74, 6) is -0.386. The predicted molar refractivity (Wildman–Crippen MR) is 101 cm³/mol. The number of rotatable bonds is 4. The Labute approximate surface area is 153 Å². The van der Waals surface area contributed by atoms with Gasteiger partial charge in [0.15, 0.2) is 0 Å². The molecular formula is C20H24N4O2. The van der Waals surface area contributed by atoms with Gasteiger partial charge in [-0.3, -0.25) is 4.79 Å². The van der Waals surface area contributed by atoms with Crippen molar-refractivity contribution in [2.24, 2.45) is 5.10 Å². The number of hydrogen-bond donors (Lipinski definition) is 1. The van der Waals surface area contributed by atoms with Crippen LogP contribution in [0.15, 0.2) is 41.5 Å². The zero-order chi connectivity index (χ0) is 19.1. The van der Waals surface area contributed by atoms with Crippen LogP contribution in [0.5, 0.6) is 0 Å². The normalized spacial score (nSPS) is 20.5. The first-order valence-corrected chi connectivity index (χ1v) is 8.70. The van der Waals surface area contributed by atoms with Crippen LogP contribution in [0.4, 0.5) is 4.79 Å². The summed E-state index contributed by atoms with van der Waals surface area (Å²) in [7, 11) is 0. The topological polar surface area (TPSA) is 66.7 Å². The molecule has 3 amide bonds. The van der Waals surface area contributed by atoms with E-state index in [1.54, 1.807) is 13.1 Å². The van der Waals surface area contributed by atoms with Crippen molar-refractivity contribution in [3.63, 3.8) is 0 Å². The third-order valence-electron chi connectivity index (χ3n) is 4.87. The second kappa shape index (κ2) is 6.44. The van der Waals surface area contributed by atoms with Crippen molar-refractivity contribution < 1.29 is 9.59 Å². The van der Waals surface area contributed by atoms with Gasteiger partial charge in [-0.25, -0.2) is 4.79 Å². The van der Waals surface area contributed by atoms with Gasteiger partial charge in [-0.2, -0.15) is 5.10 Å². The Morgan fingerprint density at radius 1 is 1.15 bits per heavy atom. The maximum atomic E-state index is 12.8. The van der Waals surface area contributed by atoms with Crippen LogP contribution in [0.2, 0.25) is 0 Å². The van der Waals surface area contributed by atoms with Gasteiger partial charge in [-0.05, 0) is 46.2 Å². The minimum atomic E-state index is -1.11. The van der Waals surface area contributed by atoms with E-state index in [1.807, 2.05) is 50.2 Å². The van der Waals surface area contributed by atoms with Gasteiger partial charge in [0.2, 0.25) is 0 Å². The van der Waals surface area contributed by atoms with Gasteiger partial charge >= 0.3 is 6.03 Å². The van der Waals surface area contributed by atoms with E-state index in [1.165, 1.54) is 0 Å². The maximum absolute atomic E-state index is 12.8. The zero-order valence-electron chi connectivity index (χ0n) is 15.8. The van der Waals surface area contributed by atoms with Gasteiger partial charge in [0.25, 0.3) is 5.91 Å². The molecule has 0 spiro atoms. The Balaban J connectivity index is 1.90. The highest BCUT2D eigenvalue weighted by atomic mass is 16.2. The van der Waals surface area contributed by atoms with Crippen molar-refractivity contribution in [3.8, 4) is 0 Å². The highest BCUT2D eigenvalue weighted by Gasteiger charge is 2.49. The molecule has 0 unspecified atom stereocenters. The van der Waals surface area contributed by atoms with E-state index in [0.717, 1.165) is 27.5 Å². The first-order valence-electron chi connectivity index (χ1n) is 8.70. The van der Waals surface area contributed by atoms with Crippen LogP contribution in [0, 0.1) is 13.8 Å². The van der Waals surface area contributed by atoms with E-state index in [0.29, 0.717) is 6.04 Å². The summed E-state index contributed by atoms with van der Waals surface area (Å²) >= 11 is 0. The van der Waals surface area contributed by atoms with E-state index >= 15 is 0 Å². The number of hydrogen-bond acceptors (Lipinski definition) is 3. The van der Waals surface area contributed by atoms with E-state index in [2.05, 4.69) is 28.8 Å². The Morgan fingerprint density at radius 3 is 2.38 bits per heavy atom. The number of nitrogens with one attached hydrogen (secondary N) is 1. The molecule has 136 valence electrons. The molecule has 0 radical (unpaired) electrons. The molecule has 1 atom stereocenters. The molecular weight excluding hydrogens is 328 g/mol. The van der Waals surface area contributed by atoms with Crippen LogP contribution in [0.25, 0.3) is 0 Å². The lowest BCUT2D eigenvalue weighted by Gasteiger charge is -2.20. The van der Waals surface area contributed by atoms with Crippen LogP contribution >= 0.6 is 0 Å². The molecule has 3 rings (SSSR count). The van der Waals surface area contributed by atoms with Crippen molar-refractivity contribution >= 4 is 18.2 Å². The van der Waals surface area contributed by atoms with Crippen LogP contribution in [-0.4, -0.2) is 27.7 Å². The number of carbonyl (C=O) groups excluding carboxylic acids is 2. The second-order valence-electron chi connectivity index (χ2n) is 7.07. The molecule has 6 heteroatoms. The minimum Gasteiger partial charge on any atom is -0.346 e. The van der Waals surface area contributed by atoms with Gasteiger partial charge in [-0.1, -0.05) is 30.3 Å². The minimum absolute atomic E-state index is 0.329. The fraction of sp³-hybridized carbons (Fsp3) is 0.350. The number of hydrazone groups is 1. The molecule has 1 aromatic heterocycles. The van der Waals surface area contributed by atoms with Gasteiger partial charge in [-0.15, -0.1) is 5.01 Å². The monoisotopic (exact) mass is 352 g/mol. The smallest absolute Gasteiger partial charge is 0.346 e. The summed E-state index contributed by atoms with van der Waals surface area (Å²) in [5, 5.41) is 7.85. The lowest BCUT2D eigenvalue weighted by atomic mass is 9.92. The Bertz CT molecular complexity index is 883. The van der Waals surface area contributed by atoms with E-state index in [-0.39, 0.29) is 5.91 Å². The third kappa shape index (κ3) is 2.81. The largest absolute Gasteiger partial charge is 0.346 e. The summed E-state index contributed by atoms with van der Waals surface area (Å²) in [4.78, 5) is 25.2. The Kier molecular flexibility index (Phi) is 4.44. The molecule has 0 bridgehead atoms. The number of urea groups is 1. The number of carbonyl (C=O) groups is 2. The van der Waals surface area contributed by atoms with E-state index < -0.39 is 11.6 Å².